The molecule has 1 saturated heterocycles. The first-order valence-electron chi connectivity index (χ1n) is 7.62. The second kappa shape index (κ2) is 8.66. The van der Waals surface area contributed by atoms with Crippen LogP contribution in [-0.4, -0.2) is 37.6 Å². The van der Waals surface area contributed by atoms with Crippen molar-refractivity contribution in [2.24, 2.45) is 5.92 Å². The average molecular weight is 297 g/mol. The van der Waals surface area contributed by atoms with Gasteiger partial charge in [-0.15, -0.1) is 12.4 Å². The highest BCUT2D eigenvalue weighted by Crippen LogP contribution is 2.16. The molecular weight excluding hydrogens is 268 g/mol. The van der Waals surface area contributed by atoms with Crippen LogP contribution in [0.25, 0.3) is 0 Å². The zero-order valence-corrected chi connectivity index (χ0v) is 13.9. The molecule has 0 radical (unpaired) electrons. The van der Waals surface area contributed by atoms with Crippen LogP contribution in [-0.2, 0) is 6.42 Å². The molecule has 0 amide bonds. The number of hydrogen-bond acceptors (Lipinski definition) is 2. The van der Waals surface area contributed by atoms with Crippen molar-refractivity contribution < 1.29 is 0 Å². The molecule has 114 valence electrons. The lowest BCUT2D eigenvalue weighted by Crippen LogP contribution is -2.40. The first-order chi connectivity index (χ1) is 9.16. The van der Waals surface area contributed by atoms with Gasteiger partial charge in [-0.2, -0.15) is 0 Å². The minimum atomic E-state index is 0. The predicted octanol–water partition coefficient (Wildman–Crippen LogP) is 3.28. The van der Waals surface area contributed by atoms with E-state index in [-0.39, 0.29) is 12.4 Å². The molecule has 2 atom stereocenters. The molecule has 1 aromatic rings. The number of aryl methyl sites for hydroxylation is 1. The van der Waals surface area contributed by atoms with E-state index in [9.17, 15) is 0 Å². The van der Waals surface area contributed by atoms with Crippen molar-refractivity contribution in [3.05, 3.63) is 35.4 Å². The Labute approximate surface area is 130 Å². The first-order valence-corrected chi connectivity index (χ1v) is 7.62. The van der Waals surface area contributed by atoms with Crippen molar-refractivity contribution in [3.63, 3.8) is 0 Å². The van der Waals surface area contributed by atoms with Gasteiger partial charge in [-0.1, -0.05) is 24.3 Å². The SMILES string of the molecule is Cc1ccccc1CC(C)N(C)CC1CCCNC1.Cl. The summed E-state index contributed by atoms with van der Waals surface area (Å²) in [6.07, 6.45) is 3.88. The van der Waals surface area contributed by atoms with Crippen molar-refractivity contribution in [1.82, 2.24) is 10.2 Å². The van der Waals surface area contributed by atoms with Gasteiger partial charge in [0.15, 0.2) is 0 Å². The van der Waals surface area contributed by atoms with E-state index < -0.39 is 0 Å². The molecule has 1 fully saturated rings. The molecule has 0 aliphatic carbocycles. The normalized spacial score (nSPS) is 20.5. The molecular formula is C17H29ClN2. The van der Waals surface area contributed by atoms with Gasteiger partial charge in [-0.05, 0) is 70.3 Å². The van der Waals surface area contributed by atoms with Crippen molar-refractivity contribution in [2.45, 2.75) is 39.2 Å². The first kappa shape index (κ1) is 17.5. The Morgan fingerprint density at radius 3 is 2.75 bits per heavy atom. The predicted molar refractivity (Wildman–Crippen MR) is 89.8 cm³/mol. The van der Waals surface area contributed by atoms with Crippen LogP contribution in [0.4, 0.5) is 0 Å². The second-order valence-corrected chi connectivity index (χ2v) is 6.13. The van der Waals surface area contributed by atoms with E-state index in [1.807, 2.05) is 0 Å². The molecule has 1 aromatic carbocycles. The summed E-state index contributed by atoms with van der Waals surface area (Å²) in [7, 11) is 2.28. The Hall–Kier alpha value is -0.570. The summed E-state index contributed by atoms with van der Waals surface area (Å²) in [5, 5.41) is 3.51. The quantitative estimate of drug-likeness (QED) is 0.897. The Morgan fingerprint density at radius 1 is 1.35 bits per heavy atom. The average Bonchev–Trinajstić information content (AvgIpc) is 2.42. The third-order valence-corrected chi connectivity index (χ3v) is 4.47. The molecule has 2 unspecified atom stereocenters. The lowest BCUT2D eigenvalue weighted by Gasteiger charge is -2.31. The minimum absolute atomic E-state index is 0. The van der Waals surface area contributed by atoms with Crippen LogP contribution in [0.15, 0.2) is 24.3 Å². The van der Waals surface area contributed by atoms with Gasteiger partial charge in [0.1, 0.15) is 0 Å². The number of benzene rings is 1. The maximum Gasteiger partial charge on any atom is 0.0104 e. The molecule has 1 aliphatic heterocycles. The highest BCUT2D eigenvalue weighted by atomic mass is 35.5. The van der Waals surface area contributed by atoms with E-state index in [1.54, 1.807) is 0 Å². The van der Waals surface area contributed by atoms with Crippen LogP contribution in [0.2, 0.25) is 0 Å². The Kier molecular flexibility index (Phi) is 7.57. The number of nitrogens with one attached hydrogen (secondary N) is 1. The summed E-state index contributed by atoms with van der Waals surface area (Å²) >= 11 is 0. The third kappa shape index (κ3) is 5.08. The second-order valence-electron chi connectivity index (χ2n) is 6.13. The Bertz CT molecular complexity index is 388. The highest BCUT2D eigenvalue weighted by molar-refractivity contribution is 5.85. The lowest BCUT2D eigenvalue weighted by atomic mass is 9.97. The maximum atomic E-state index is 3.51. The largest absolute Gasteiger partial charge is 0.316 e. The fraction of sp³-hybridized carbons (Fsp3) is 0.647. The number of rotatable bonds is 5. The molecule has 0 bridgehead atoms. The van der Waals surface area contributed by atoms with Crippen molar-refractivity contribution in [1.29, 1.82) is 0 Å². The van der Waals surface area contributed by atoms with E-state index in [0.29, 0.717) is 6.04 Å². The number of piperidine rings is 1. The standard InChI is InChI=1S/C17H28N2.ClH/c1-14-7-4-5-9-17(14)11-15(2)19(3)13-16-8-6-10-18-12-16;/h4-5,7,9,15-16,18H,6,8,10-13H2,1-3H3;1H. The van der Waals surface area contributed by atoms with Crippen LogP contribution in [0.3, 0.4) is 0 Å². The number of hydrogen-bond donors (Lipinski definition) is 1. The van der Waals surface area contributed by atoms with Crippen LogP contribution in [0.5, 0.6) is 0 Å². The summed E-state index contributed by atoms with van der Waals surface area (Å²) in [5.41, 5.74) is 2.91. The van der Waals surface area contributed by atoms with Gasteiger partial charge in [0, 0.05) is 12.6 Å². The zero-order valence-electron chi connectivity index (χ0n) is 13.1. The molecule has 0 spiro atoms. The molecule has 1 N–H and O–H groups in total. The third-order valence-electron chi connectivity index (χ3n) is 4.47. The van der Waals surface area contributed by atoms with Gasteiger partial charge < -0.3 is 10.2 Å². The monoisotopic (exact) mass is 296 g/mol. The summed E-state index contributed by atoms with van der Waals surface area (Å²) in [6, 6.07) is 9.37. The maximum absolute atomic E-state index is 3.51. The molecule has 1 aliphatic rings. The minimum Gasteiger partial charge on any atom is -0.316 e. The molecule has 2 rings (SSSR count). The van der Waals surface area contributed by atoms with Crippen LogP contribution in [0, 0.1) is 12.8 Å². The summed E-state index contributed by atoms with van der Waals surface area (Å²) in [5.74, 6) is 0.832. The van der Waals surface area contributed by atoms with Gasteiger partial charge >= 0.3 is 0 Å². The van der Waals surface area contributed by atoms with Gasteiger partial charge in [0.25, 0.3) is 0 Å². The van der Waals surface area contributed by atoms with Gasteiger partial charge in [0.2, 0.25) is 0 Å². The van der Waals surface area contributed by atoms with Crippen molar-refractivity contribution in [3.8, 4) is 0 Å². The van der Waals surface area contributed by atoms with Crippen LogP contribution < -0.4 is 5.32 Å². The van der Waals surface area contributed by atoms with Gasteiger partial charge in [-0.25, -0.2) is 0 Å². The van der Waals surface area contributed by atoms with E-state index in [0.717, 1.165) is 12.3 Å². The number of likely N-dealkylation sites (N-methyl/N-ethyl adjacent to an activating group) is 1. The molecule has 1 heterocycles. The Morgan fingerprint density at radius 2 is 2.10 bits per heavy atom. The lowest BCUT2D eigenvalue weighted by molar-refractivity contribution is 0.197. The molecule has 20 heavy (non-hydrogen) atoms. The molecule has 2 nitrogen and oxygen atoms in total. The van der Waals surface area contributed by atoms with Gasteiger partial charge in [0.05, 0.1) is 0 Å². The number of halogens is 1. The fourth-order valence-corrected chi connectivity index (χ4v) is 2.98. The Balaban J connectivity index is 0.00000200. The zero-order chi connectivity index (χ0) is 13.7. The van der Waals surface area contributed by atoms with Crippen LogP contribution in [0.1, 0.15) is 30.9 Å². The van der Waals surface area contributed by atoms with E-state index >= 15 is 0 Å². The van der Waals surface area contributed by atoms with E-state index in [2.05, 4.69) is 55.4 Å². The topological polar surface area (TPSA) is 15.3 Å². The summed E-state index contributed by atoms with van der Waals surface area (Å²) in [4.78, 5) is 2.53. The molecule has 3 heteroatoms. The highest BCUT2D eigenvalue weighted by Gasteiger charge is 2.18. The molecule has 0 aromatic heterocycles. The summed E-state index contributed by atoms with van der Waals surface area (Å²) in [6.45, 7) is 8.19. The van der Waals surface area contributed by atoms with Crippen LogP contribution >= 0.6 is 12.4 Å². The smallest absolute Gasteiger partial charge is 0.0104 e. The van der Waals surface area contributed by atoms with E-state index in [1.165, 1.54) is 43.6 Å². The molecule has 0 saturated carbocycles. The fourth-order valence-electron chi connectivity index (χ4n) is 2.98. The van der Waals surface area contributed by atoms with E-state index in [4.69, 9.17) is 0 Å². The summed E-state index contributed by atoms with van der Waals surface area (Å²) < 4.78 is 0. The number of nitrogens with zero attached hydrogens (tertiary/aromatic N) is 1. The van der Waals surface area contributed by atoms with Gasteiger partial charge in [-0.3, -0.25) is 0 Å². The van der Waals surface area contributed by atoms with Crippen molar-refractivity contribution in [2.75, 3.05) is 26.7 Å². The van der Waals surface area contributed by atoms with Crippen molar-refractivity contribution >= 4 is 12.4 Å².